The molecule has 0 spiro atoms. The van der Waals surface area contributed by atoms with Crippen molar-refractivity contribution in [3.63, 3.8) is 0 Å². The highest BCUT2D eigenvalue weighted by Crippen LogP contribution is 2.67. The van der Waals surface area contributed by atoms with Crippen molar-refractivity contribution in [2.24, 2.45) is 46.3 Å². The number of esters is 1. The zero-order valence-electron chi connectivity index (χ0n) is 19.1. The van der Waals surface area contributed by atoms with Crippen LogP contribution in [0.15, 0.2) is 0 Å². The van der Waals surface area contributed by atoms with Gasteiger partial charge in [0.1, 0.15) is 5.78 Å². The highest BCUT2D eigenvalue weighted by molar-refractivity contribution is 5.83. The lowest BCUT2D eigenvalue weighted by atomic mass is 9.43. The molecule has 0 unspecified atom stereocenters. The molecule has 4 fully saturated rings. The molecule has 5 nitrogen and oxygen atoms in total. The second-order valence-corrected chi connectivity index (χ2v) is 11.4. The molecule has 30 heavy (non-hydrogen) atoms. The van der Waals surface area contributed by atoms with E-state index >= 15 is 0 Å². The van der Waals surface area contributed by atoms with E-state index in [0.29, 0.717) is 36.9 Å². The van der Waals surface area contributed by atoms with Crippen LogP contribution in [0, 0.1) is 46.3 Å². The Morgan fingerprint density at radius 2 is 1.90 bits per heavy atom. The molecule has 0 aromatic carbocycles. The number of hydrogen-bond donors (Lipinski definition) is 2. The monoisotopic (exact) mass is 420 g/mol. The predicted octanol–water partition coefficient (Wildman–Crippen LogP) is 3.75. The molecule has 0 amide bonds. The molecule has 0 aromatic rings. The zero-order chi connectivity index (χ0) is 21.8. The number of carbonyl (C=O) groups is 2. The molecule has 4 saturated carbocycles. The summed E-state index contributed by atoms with van der Waals surface area (Å²) in [5, 5.41) is 21.7. The van der Waals surface area contributed by atoms with Gasteiger partial charge in [-0.1, -0.05) is 20.8 Å². The van der Waals surface area contributed by atoms with E-state index in [2.05, 4.69) is 20.8 Å². The number of ketones is 1. The van der Waals surface area contributed by atoms with E-state index in [4.69, 9.17) is 4.74 Å². The van der Waals surface area contributed by atoms with Crippen molar-refractivity contribution in [2.75, 3.05) is 7.11 Å². The molecule has 0 bridgehead atoms. The van der Waals surface area contributed by atoms with E-state index in [-0.39, 0.29) is 46.6 Å². The first kappa shape index (κ1) is 22.3. The Hall–Kier alpha value is -0.940. The number of aliphatic hydroxyl groups is 2. The van der Waals surface area contributed by atoms with Crippen molar-refractivity contribution in [1.29, 1.82) is 0 Å². The molecule has 170 valence electrons. The van der Waals surface area contributed by atoms with Gasteiger partial charge in [-0.25, -0.2) is 0 Å². The molecule has 2 N–H and O–H groups in total. The quantitative estimate of drug-likeness (QED) is 0.677. The van der Waals surface area contributed by atoms with Crippen LogP contribution in [-0.2, 0) is 14.3 Å². The van der Waals surface area contributed by atoms with E-state index in [9.17, 15) is 19.8 Å². The van der Waals surface area contributed by atoms with Crippen LogP contribution in [0.4, 0.5) is 0 Å². The molecular weight excluding hydrogens is 380 g/mol. The molecular formula is C25H40O5. The number of methoxy groups -OCH3 is 1. The van der Waals surface area contributed by atoms with Gasteiger partial charge >= 0.3 is 5.97 Å². The van der Waals surface area contributed by atoms with Gasteiger partial charge in [0, 0.05) is 24.2 Å². The van der Waals surface area contributed by atoms with Crippen LogP contribution in [0.3, 0.4) is 0 Å². The summed E-state index contributed by atoms with van der Waals surface area (Å²) >= 11 is 0. The number of Topliss-reactive ketones (excluding diaryl/α,β-unsaturated/α-hetero) is 1. The molecule has 5 heteroatoms. The van der Waals surface area contributed by atoms with Crippen LogP contribution in [0.1, 0.15) is 78.6 Å². The van der Waals surface area contributed by atoms with Crippen LogP contribution in [0.5, 0.6) is 0 Å². The fourth-order valence-corrected chi connectivity index (χ4v) is 8.49. The van der Waals surface area contributed by atoms with Gasteiger partial charge in [-0.3, -0.25) is 9.59 Å². The van der Waals surface area contributed by atoms with Crippen LogP contribution in [0.2, 0.25) is 0 Å². The van der Waals surface area contributed by atoms with Gasteiger partial charge in [-0.05, 0) is 80.0 Å². The van der Waals surface area contributed by atoms with Gasteiger partial charge < -0.3 is 14.9 Å². The van der Waals surface area contributed by atoms with Crippen molar-refractivity contribution in [3.05, 3.63) is 0 Å². The summed E-state index contributed by atoms with van der Waals surface area (Å²) in [7, 11) is 1.43. The van der Waals surface area contributed by atoms with Crippen molar-refractivity contribution >= 4 is 11.8 Å². The lowest BCUT2D eigenvalue weighted by Gasteiger charge is -2.61. The summed E-state index contributed by atoms with van der Waals surface area (Å²) in [5.74, 6) is 1.61. The Kier molecular flexibility index (Phi) is 5.85. The fraction of sp³-hybridized carbons (Fsp3) is 0.920. The van der Waals surface area contributed by atoms with E-state index in [0.717, 1.165) is 38.5 Å². The van der Waals surface area contributed by atoms with Crippen LogP contribution < -0.4 is 0 Å². The van der Waals surface area contributed by atoms with E-state index < -0.39 is 6.10 Å². The average molecular weight is 421 g/mol. The van der Waals surface area contributed by atoms with E-state index in [1.54, 1.807) is 0 Å². The molecule has 0 aliphatic heterocycles. The molecule has 0 aromatic heterocycles. The van der Waals surface area contributed by atoms with Crippen molar-refractivity contribution in [1.82, 2.24) is 0 Å². The molecule has 0 saturated heterocycles. The van der Waals surface area contributed by atoms with Gasteiger partial charge in [0.25, 0.3) is 0 Å². The minimum absolute atomic E-state index is 0.0488. The highest BCUT2D eigenvalue weighted by atomic mass is 16.5. The fourth-order valence-electron chi connectivity index (χ4n) is 8.49. The lowest BCUT2D eigenvalue weighted by molar-refractivity contribution is -0.182. The number of fused-ring (bicyclic) bond motifs is 5. The first-order valence-electron chi connectivity index (χ1n) is 12.1. The Balaban J connectivity index is 1.59. The number of hydrogen-bond acceptors (Lipinski definition) is 5. The summed E-state index contributed by atoms with van der Waals surface area (Å²) in [6.07, 6.45) is 6.32. The SMILES string of the molecule is COC(=O)CC[C@H](C)[C@@H]1CC[C@@H]2[C@H]3C(=O)C[C@@H]4C[C@H](O)CC[C@]4(C)[C@H]3C[C@H](O)[C@@]21C. The number of rotatable bonds is 4. The zero-order valence-corrected chi connectivity index (χ0v) is 19.1. The number of carbonyl (C=O) groups excluding carboxylic acids is 2. The third kappa shape index (κ3) is 3.26. The second kappa shape index (κ2) is 7.88. The number of ether oxygens (including phenoxy) is 1. The Morgan fingerprint density at radius 1 is 1.17 bits per heavy atom. The molecule has 0 radical (unpaired) electrons. The van der Waals surface area contributed by atoms with Crippen LogP contribution in [-0.4, -0.2) is 41.3 Å². The van der Waals surface area contributed by atoms with Gasteiger partial charge in [0.15, 0.2) is 0 Å². The third-order valence-corrected chi connectivity index (χ3v) is 10.3. The van der Waals surface area contributed by atoms with Crippen LogP contribution >= 0.6 is 0 Å². The normalized spacial score (nSPS) is 49.0. The van der Waals surface area contributed by atoms with E-state index in [1.165, 1.54) is 7.11 Å². The van der Waals surface area contributed by atoms with Gasteiger partial charge in [0.2, 0.25) is 0 Å². The molecule has 0 heterocycles. The summed E-state index contributed by atoms with van der Waals surface area (Å²) in [6.45, 7) is 6.74. The van der Waals surface area contributed by atoms with E-state index in [1.807, 2.05) is 0 Å². The smallest absolute Gasteiger partial charge is 0.305 e. The summed E-state index contributed by atoms with van der Waals surface area (Å²) < 4.78 is 4.82. The first-order chi connectivity index (χ1) is 14.1. The average Bonchev–Trinajstić information content (AvgIpc) is 3.06. The topological polar surface area (TPSA) is 83.8 Å². The largest absolute Gasteiger partial charge is 0.469 e. The minimum Gasteiger partial charge on any atom is -0.469 e. The van der Waals surface area contributed by atoms with Gasteiger partial charge in [0.05, 0.1) is 19.3 Å². The third-order valence-electron chi connectivity index (χ3n) is 10.3. The van der Waals surface area contributed by atoms with Crippen LogP contribution in [0.25, 0.3) is 0 Å². The Bertz CT molecular complexity index is 691. The van der Waals surface area contributed by atoms with Crippen molar-refractivity contribution in [3.8, 4) is 0 Å². The number of aliphatic hydroxyl groups excluding tert-OH is 2. The molecule has 4 aliphatic carbocycles. The van der Waals surface area contributed by atoms with Gasteiger partial charge in [-0.2, -0.15) is 0 Å². The lowest BCUT2D eigenvalue weighted by Crippen LogP contribution is -2.61. The molecule has 4 aliphatic rings. The maximum atomic E-state index is 13.4. The standard InChI is InChI=1S/C25H40O5/c1-14(5-8-22(29)30-4)17-6-7-18-23-19(13-21(28)25(17,18)3)24(2)10-9-16(26)11-15(24)12-20(23)27/h14-19,21,23,26,28H,5-13H2,1-4H3/t14-,15-,16+,17-,18+,19-,21-,23+,24-,25+/m0/s1. The molecule has 4 rings (SSSR count). The van der Waals surface area contributed by atoms with Gasteiger partial charge in [-0.15, -0.1) is 0 Å². The summed E-state index contributed by atoms with van der Waals surface area (Å²) in [4.78, 5) is 25.1. The maximum absolute atomic E-state index is 13.4. The Labute approximate surface area is 180 Å². The second-order valence-electron chi connectivity index (χ2n) is 11.4. The Morgan fingerprint density at radius 3 is 2.60 bits per heavy atom. The first-order valence-corrected chi connectivity index (χ1v) is 12.1. The highest BCUT2D eigenvalue weighted by Gasteiger charge is 2.65. The molecule has 10 atom stereocenters. The summed E-state index contributed by atoms with van der Waals surface area (Å²) in [5.41, 5.74) is -0.210. The predicted molar refractivity (Wildman–Crippen MR) is 113 cm³/mol. The maximum Gasteiger partial charge on any atom is 0.305 e. The summed E-state index contributed by atoms with van der Waals surface area (Å²) in [6, 6.07) is 0. The minimum atomic E-state index is -0.410. The van der Waals surface area contributed by atoms with Crippen molar-refractivity contribution < 1.29 is 24.5 Å². The van der Waals surface area contributed by atoms with Crippen molar-refractivity contribution in [2.45, 2.75) is 90.8 Å².